The summed E-state index contributed by atoms with van der Waals surface area (Å²) in [6.45, 7) is 9.70. The molecule has 1 aliphatic rings. The molecule has 18 nitrogen and oxygen atoms in total. The Labute approximate surface area is 413 Å². The van der Waals surface area contributed by atoms with Crippen LogP contribution in [-0.4, -0.2) is 173 Å². The molecule has 384 valence electrons. The molecule has 0 saturated heterocycles. The molecule has 0 heterocycles. The number of carbonyl (C=O) groups excluding carboxylic acids is 4. The number of hydrogen-bond acceptors (Lipinski definition) is 15. The molecule has 2 aromatic carbocycles. The van der Waals surface area contributed by atoms with E-state index in [0.717, 1.165) is 22.3 Å². The van der Waals surface area contributed by atoms with Crippen molar-refractivity contribution < 1.29 is 71.3 Å². The van der Waals surface area contributed by atoms with Crippen LogP contribution in [0.25, 0.3) is 11.1 Å². The monoisotopic (exact) mass is 977 g/mol. The van der Waals surface area contributed by atoms with Crippen molar-refractivity contribution in [2.75, 3.05) is 132 Å². The number of amides is 3. The molecule has 1 atom stereocenters. The summed E-state index contributed by atoms with van der Waals surface area (Å²) in [4.78, 5) is 51.4. The molecular weight excluding hydrogens is 907 g/mol. The van der Waals surface area contributed by atoms with E-state index in [-0.39, 0.29) is 103 Å². The third kappa shape index (κ3) is 24.3. The zero-order valence-electron chi connectivity index (χ0n) is 40.9. The minimum Gasteiger partial charge on any atom is -0.458 e. The van der Waals surface area contributed by atoms with Gasteiger partial charge in [-0.05, 0) is 49.4 Å². The number of hydrogen-bond donors (Lipinski definition) is 3. The van der Waals surface area contributed by atoms with Gasteiger partial charge >= 0.3 is 12.1 Å². The summed E-state index contributed by atoms with van der Waals surface area (Å²) < 4.78 is 60.8. The van der Waals surface area contributed by atoms with E-state index in [0.29, 0.717) is 66.1 Å². The molecule has 3 N–H and O–H groups in total. The maximum Gasteiger partial charge on any atom is 0.407 e. The zero-order valence-corrected chi connectivity index (χ0v) is 40.9. The predicted octanol–water partition coefficient (Wildman–Crippen LogP) is 3.43. The minimum atomic E-state index is -1.09. The van der Waals surface area contributed by atoms with Crippen molar-refractivity contribution in [3.8, 4) is 48.2 Å². The second-order valence-electron chi connectivity index (χ2n) is 16.8. The lowest BCUT2D eigenvalue weighted by atomic mass is 9.98. The molecule has 3 rings (SSSR count). The van der Waals surface area contributed by atoms with E-state index in [1.807, 2.05) is 48.5 Å². The van der Waals surface area contributed by atoms with Gasteiger partial charge in [-0.1, -0.05) is 66.3 Å². The van der Waals surface area contributed by atoms with E-state index in [1.54, 1.807) is 20.8 Å². The Bertz CT molecular complexity index is 1890. The van der Waals surface area contributed by atoms with Crippen LogP contribution in [0.15, 0.2) is 48.5 Å². The van der Waals surface area contributed by atoms with Gasteiger partial charge in [-0.2, -0.15) is 0 Å². The first-order chi connectivity index (χ1) is 33.9. The fraction of sp³-hybridized carbons (Fsp3) is 0.577. The molecule has 0 unspecified atom stereocenters. The molecular formula is C52H71N3O15. The largest absolute Gasteiger partial charge is 0.458 e. The van der Waals surface area contributed by atoms with Crippen LogP contribution >= 0.6 is 0 Å². The predicted molar refractivity (Wildman–Crippen MR) is 259 cm³/mol. The van der Waals surface area contributed by atoms with E-state index in [4.69, 9.17) is 71.4 Å². The molecule has 0 saturated carbocycles. The van der Waals surface area contributed by atoms with E-state index in [1.165, 1.54) is 0 Å². The molecule has 18 heteroatoms. The molecule has 0 aliphatic heterocycles. The topological polar surface area (TPSA) is 206 Å². The molecule has 0 bridgehead atoms. The minimum absolute atomic E-state index is 0.0126. The summed E-state index contributed by atoms with van der Waals surface area (Å²) in [5.41, 5.74) is 2.49. The number of nitrogens with one attached hydrogen (secondary N) is 3. The van der Waals surface area contributed by atoms with E-state index < -0.39 is 29.2 Å². The molecule has 3 amide bonds. The highest BCUT2D eigenvalue weighted by molar-refractivity contribution is 5.83. The maximum atomic E-state index is 13.0. The highest BCUT2D eigenvalue weighted by atomic mass is 16.6. The Morgan fingerprint density at radius 1 is 0.586 bits per heavy atom. The smallest absolute Gasteiger partial charge is 0.407 e. The van der Waals surface area contributed by atoms with E-state index >= 15 is 0 Å². The van der Waals surface area contributed by atoms with Gasteiger partial charge in [-0.25, -0.2) is 9.59 Å². The average molecular weight is 978 g/mol. The van der Waals surface area contributed by atoms with Gasteiger partial charge in [0.15, 0.2) is 0 Å². The fourth-order valence-electron chi connectivity index (χ4n) is 6.90. The summed E-state index contributed by atoms with van der Waals surface area (Å²) in [6.07, 6.45) is 15.2. The molecule has 0 aromatic heterocycles. The SMILES string of the molecule is C#CCOCC(COCC#C)(COCC#C)NC(=O)CCOCCOCCOCCOCCOCCOCCNC(=O)CC[C@H](NC(=O)OCC1c2ccccc2-c2ccccc21)C(=O)OC(C)(C)C. The highest BCUT2D eigenvalue weighted by Gasteiger charge is 2.34. The lowest BCUT2D eigenvalue weighted by Crippen LogP contribution is -2.58. The fourth-order valence-corrected chi connectivity index (χ4v) is 6.90. The first-order valence-corrected chi connectivity index (χ1v) is 23.3. The van der Waals surface area contributed by atoms with Gasteiger partial charge in [-0.3, -0.25) is 9.59 Å². The van der Waals surface area contributed by atoms with Crippen LogP contribution in [0.4, 0.5) is 4.79 Å². The summed E-state index contributed by atoms with van der Waals surface area (Å²) in [7, 11) is 0. The molecule has 0 radical (unpaired) electrons. The summed E-state index contributed by atoms with van der Waals surface area (Å²) in [5, 5.41) is 8.27. The van der Waals surface area contributed by atoms with Crippen molar-refractivity contribution in [3.05, 3.63) is 59.7 Å². The number of carbonyl (C=O) groups is 4. The van der Waals surface area contributed by atoms with Crippen LogP contribution in [0.5, 0.6) is 0 Å². The molecule has 0 fully saturated rings. The van der Waals surface area contributed by atoms with E-state index in [2.05, 4.69) is 33.7 Å². The number of ether oxygens (including phenoxy) is 11. The lowest BCUT2D eigenvalue weighted by Gasteiger charge is -2.33. The number of fused-ring (bicyclic) bond motifs is 3. The van der Waals surface area contributed by atoms with Crippen LogP contribution < -0.4 is 16.0 Å². The summed E-state index contributed by atoms with van der Waals surface area (Å²) >= 11 is 0. The third-order valence-electron chi connectivity index (χ3n) is 9.99. The normalized spacial score (nSPS) is 12.4. The van der Waals surface area contributed by atoms with Crippen LogP contribution in [0, 0.1) is 37.0 Å². The second-order valence-corrected chi connectivity index (χ2v) is 16.8. The van der Waals surface area contributed by atoms with Crippen LogP contribution in [0.3, 0.4) is 0 Å². The van der Waals surface area contributed by atoms with Gasteiger partial charge in [0.2, 0.25) is 11.8 Å². The van der Waals surface area contributed by atoms with Crippen LogP contribution in [0.1, 0.15) is 57.1 Å². The average Bonchev–Trinajstić information content (AvgIpc) is 3.65. The van der Waals surface area contributed by atoms with Crippen molar-refractivity contribution in [1.82, 2.24) is 16.0 Å². The molecule has 0 spiro atoms. The number of esters is 1. The van der Waals surface area contributed by atoms with Gasteiger partial charge in [0.05, 0.1) is 99.1 Å². The first kappa shape index (κ1) is 58.8. The Kier molecular flexibility index (Phi) is 29.1. The first-order valence-electron chi connectivity index (χ1n) is 23.3. The summed E-state index contributed by atoms with van der Waals surface area (Å²) in [6, 6.07) is 14.9. The van der Waals surface area contributed by atoms with Crippen LogP contribution in [-0.2, 0) is 66.5 Å². The van der Waals surface area contributed by atoms with Gasteiger partial charge < -0.3 is 68.1 Å². The Morgan fingerprint density at radius 3 is 1.49 bits per heavy atom. The van der Waals surface area contributed by atoms with Gasteiger partial charge in [0, 0.05) is 25.3 Å². The third-order valence-corrected chi connectivity index (χ3v) is 9.99. The van der Waals surface area contributed by atoms with Crippen molar-refractivity contribution in [1.29, 1.82) is 0 Å². The van der Waals surface area contributed by atoms with Crippen molar-refractivity contribution in [3.63, 3.8) is 0 Å². The molecule has 70 heavy (non-hydrogen) atoms. The maximum absolute atomic E-state index is 13.0. The van der Waals surface area contributed by atoms with Crippen molar-refractivity contribution in [2.24, 2.45) is 0 Å². The molecule has 1 aliphatic carbocycles. The quantitative estimate of drug-likeness (QED) is 0.0501. The van der Waals surface area contributed by atoms with Gasteiger partial charge in [0.1, 0.15) is 43.6 Å². The Hall–Kier alpha value is -5.56. The summed E-state index contributed by atoms with van der Waals surface area (Å²) in [5.74, 6) is 5.73. The van der Waals surface area contributed by atoms with Crippen molar-refractivity contribution >= 4 is 23.9 Å². The zero-order chi connectivity index (χ0) is 50.7. The standard InChI is InChI=1S/C52H71N3O15/c1-7-22-66-38-52(39-67-23-8-2,40-68-24-9-3)55-48(57)20-25-60-27-29-62-31-33-64-35-36-65-34-32-63-30-28-61-26-21-53-47(56)19-18-46(49(58)70-51(4,5)6)54-50(59)69-37-45-43-16-12-10-14-41(43)42-15-11-13-17-44(42)45/h1-3,10-17,45-46H,18-40H2,4-6H3,(H,53,56)(H,54,59)(H,55,57)/t46-/m0/s1. The van der Waals surface area contributed by atoms with Gasteiger partial charge in [-0.15, -0.1) is 19.3 Å². The number of alkyl carbamates (subject to hydrolysis) is 1. The molecule has 2 aromatic rings. The number of benzene rings is 2. The van der Waals surface area contributed by atoms with Crippen molar-refractivity contribution in [2.45, 2.75) is 63.1 Å². The van der Waals surface area contributed by atoms with Crippen LogP contribution in [0.2, 0.25) is 0 Å². The highest BCUT2D eigenvalue weighted by Crippen LogP contribution is 2.44. The number of terminal acetylenes is 3. The second kappa shape index (κ2) is 34.7. The Balaban J connectivity index is 1.15. The number of rotatable bonds is 38. The Morgan fingerprint density at radius 2 is 1.03 bits per heavy atom. The van der Waals surface area contributed by atoms with Gasteiger partial charge in [0.25, 0.3) is 0 Å². The lowest BCUT2D eigenvalue weighted by molar-refractivity contribution is -0.157. The van der Waals surface area contributed by atoms with E-state index in [9.17, 15) is 19.2 Å².